The van der Waals surface area contributed by atoms with Gasteiger partial charge in [0, 0.05) is 26.2 Å². The third kappa shape index (κ3) is 5.09. The summed E-state index contributed by atoms with van der Waals surface area (Å²) >= 11 is 0. The molecule has 1 aliphatic rings. The van der Waals surface area contributed by atoms with Gasteiger partial charge >= 0.3 is 6.09 Å². The first-order valence-electron chi connectivity index (χ1n) is 8.63. The van der Waals surface area contributed by atoms with Gasteiger partial charge in [-0.15, -0.1) is 0 Å². The van der Waals surface area contributed by atoms with Crippen molar-refractivity contribution in [1.82, 2.24) is 9.21 Å². The summed E-state index contributed by atoms with van der Waals surface area (Å²) in [5, 5.41) is 0. The summed E-state index contributed by atoms with van der Waals surface area (Å²) in [7, 11) is -3.57. The van der Waals surface area contributed by atoms with Crippen molar-refractivity contribution in [2.24, 2.45) is 0 Å². The first-order chi connectivity index (χ1) is 12.0. The molecule has 0 N–H and O–H groups in total. The molecule has 7 nitrogen and oxygen atoms in total. The molecule has 1 saturated heterocycles. The normalized spacial score (nSPS) is 15.8. The van der Waals surface area contributed by atoms with Crippen LogP contribution < -0.4 is 4.74 Å². The van der Waals surface area contributed by atoms with Crippen molar-refractivity contribution in [2.45, 2.75) is 31.6 Å². The maximum Gasteiger partial charge on any atom is 0.409 e. The summed E-state index contributed by atoms with van der Waals surface area (Å²) in [6, 6.07) is 6.48. The van der Waals surface area contributed by atoms with Crippen molar-refractivity contribution in [3.63, 3.8) is 0 Å². The lowest BCUT2D eigenvalue weighted by Crippen LogP contribution is -2.50. The Labute approximate surface area is 149 Å². The van der Waals surface area contributed by atoms with Crippen molar-refractivity contribution in [3.05, 3.63) is 24.3 Å². The molecule has 0 atom stereocenters. The van der Waals surface area contributed by atoms with Gasteiger partial charge in [0.15, 0.2) is 0 Å². The van der Waals surface area contributed by atoms with E-state index in [9.17, 15) is 13.2 Å². The summed E-state index contributed by atoms with van der Waals surface area (Å²) in [4.78, 5) is 13.5. The molecule has 1 heterocycles. The molecule has 8 heteroatoms. The second kappa shape index (κ2) is 9.05. The third-order valence-corrected chi connectivity index (χ3v) is 5.91. The fourth-order valence-corrected chi connectivity index (χ4v) is 3.94. The zero-order valence-electron chi connectivity index (χ0n) is 14.8. The van der Waals surface area contributed by atoms with Crippen LogP contribution in [0.3, 0.4) is 0 Å². The fraction of sp³-hybridized carbons (Fsp3) is 0.588. The smallest absolute Gasteiger partial charge is 0.409 e. The standard InChI is InChI=1S/C17H26N2O5S/c1-3-5-14-24-15-6-8-16(9-7-15)25(21,22)19-12-10-18(11-13-19)17(20)23-4-2/h6-9H,3-5,10-14H2,1-2H3. The van der Waals surface area contributed by atoms with E-state index in [1.54, 1.807) is 31.2 Å². The number of hydrogen-bond acceptors (Lipinski definition) is 5. The van der Waals surface area contributed by atoms with E-state index in [1.165, 1.54) is 9.21 Å². The maximum atomic E-state index is 12.7. The Morgan fingerprint density at radius 2 is 1.72 bits per heavy atom. The zero-order valence-corrected chi connectivity index (χ0v) is 15.6. The Morgan fingerprint density at radius 3 is 2.28 bits per heavy atom. The van der Waals surface area contributed by atoms with E-state index in [1.807, 2.05) is 0 Å². The number of carbonyl (C=O) groups is 1. The average molecular weight is 370 g/mol. The molecule has 0 saturated carbocycles. The van der Waals surface area contributed by atoms with Gasteiger partial charge in [0.1, 0.15) is 5.75 Å². The molecule has 1 aromatic rings. The van der Waals surface area contributed by atoms with Crippen molar-refractivity contribution in [1.29, 1.82) is 0 Å². The molecule has 1 fully saturated rings. The number of rotatable bonds is 7. The summed E-state index contributed by atoms with van der Waals surface area (Å²) in [5.41, 5.74) is 0. The molecule has 1 aromatic carbocycles. The molecule has 1 amide bonds. The molecule has 25 heavy (non-hydrogen) atoms. The number of piperazine rings is 1. The van der Waals surface area contributed by atoms with E-state index < -0.39 is 16.1 Å². The highest BCUT2D eigenvalue weighted by Gasteiger charge is 2.30. The lowest BCUT2D eigenvalue weighted by molar-refractivity contribution is 0.0934. The van der Waals surface area contributed by atoms with Crippen LogP contribution in [0.4, 0.5) is 4.79 Å². The molecule has 0 radical (unpaired) electrons. The van der Waals surface area contributed by atoms with Gasteiger partial charge < -0.3 is 14.4 Å². The monoisotopic (exact) mass is 370 g/mol. The lowest BCUT2D eigenvalue weighted by Gasteiger charge is -2.33. The molecule has 0 bridgehead atoms. The number of unbranched alkanes of at least 4 members (excludes halogenated alkanes) is 1. The van der Waals surface area contributed by atoms with Gasteiger partial charge in [-0.3, -0.25) is 0 Å². The minimum atomic E-state index is -3.57. The number of carbonyl (C=O) groups excluding carboxylic acids is 1. The van der Waals surface area contributed by atoms with Crippen LogP contribution in [-0.4, -0.2) is 63.1 Å². The number of ether oxygens (including phenoxy) is 2. The van der Waals surface area contributed by atoms with Gasteiger partial charge in [0.2, 0.25) is 10.0 Å². The first kappa shape index (κ1) is 19.5. The van der Waals surface area contributed by atoms with Crippen LogP contribution in [0.2, 0.25) is 0 Å². The van der Waals surface area contributed by atoms with Crippen molar-refractivity contribution >= 4 is 16.1 Å². The summed E-state index contributed by atoms with van der Waals surface area (Å²) in [6.45, 7) is 5.94. The summed E-state index contributed by atoms with van der Waals surface area (Å²) < 4.78 is 37.3. The average Bonchev–Trinajstić information content (AvgIpc) is 2.63. The molecule has 140 valence electrons. The molecular formula is C17H26N2O5S. The Kier molecular flexibility index (Phi) is 7.07. The Morgan fingerprint density at radius 1 is 1.08 bits per heavy atom. The van der Waals surface area contributed by atoms with Crippen LogP contribution in [0.5, 0.6) is 5.75 Å². The molecule has 0 aromatic heterocycles. The van der Waals surface area contributed by atoms with Crippen molar-refractivity contribution in [3.8, 4) is 5.75 Å². The highest BCUT2D eigenvalue weighted by atomic mass is 32.2. The third-order valence-electron chi connectivity index (χ3n) is 3.99. The molecular weight excluding hydrogens is 344 g/mol. The van der Waals surface area contributed by atoms with E-state index in [0.717, 1.165) is 12.8 Å². The number of sulfonamides is 1. The topological polar surface area (TPSA) is 76.2 Å². The maximum absolute atomic E-state index is 12.7. The highest BCUT2D eigenvalue weighted by Crippen LogP contribution is 2.21. The lowest BCUT2D eigenvalue weighted by atomic mass is 10.3. The fourth-order valence-electron chi connectivity index (χ4n) is 2.52. The van der Waals surface area contributed by atoms with Crippen molar-refractivity contribution in [2.75, 3.05) is 39.4 Å². The summed E-state index contributed by atoms with van der Waals surface area (Å²) in [6.07, 6.45) is 1.61. The number of amides is 1. The SMILES string of the molecule is CCCCOc1ccc(S(=O)(=O)N2CCN(C(=O)OCC)CC2)cc1. The van der Waals surface area contributed by atoms with E-state index in [2.05, 4.69) is 6.92 Å². The van der Waals surface area contributed by atoms with Crippen LogP contribution in [0, 0.1) is 0 Å². The molecule has 0 spiro atoms. The zero-order chi connectivity index (χ0) is 18.3. The summed E-state index contributed by atoms with van der Waals surface area (Å²) in [5.74, 6) is 0.666. The van der Waals surface area contributed by atoms with Gasteiger partial charge in [-0.1, -0.05) is 13.3 Å². The van der Waals surface area contributed by atoms with Crippen molar-refractivity contribution < 1.29 is 22.7 Å². The van der Waals surface area contributed by atoms with E-state index in [4.69, 9.17) is 9.47 Å². The van der Waals surface area contributed by atoms with Gasteiger partial charge in [-0.25, -0.2) is 13.2 Å². The minimum absolute atomic E-state index is 0.236. The van der Waals surface area contributed by atoms with Gasteiger partial charge in [0.25, 0.3) is 0 Å². The number of nitrogens with zero attached hydrogens (tertiary/aromatic N) is 2. The number of benzene rings is 1. The van der Waals surface area contributed by atoms with Gasteiger partial charge in [0.05, 0.1) is 18.1 Å². The first-order valence-corrected chi connectivity index (χ1v) is 10.1. The van der Waals surface area contributed by atoms with Gasteiger partial charge in [-0.2, -0.15) is 4.31 Å². The number of hydrogen-bond donors (Lipinski definition) is 0. The van der Waals surface area contributed by atoms with E-state index in [-0.39, 0.29) is 18.0 Å². The van der Waals surface area contributed by atoms with Crippen LogP contribution in [0.15, 0.2) is 29.2 Å². The highest BCUT2D eigenvalue weighted by molar-refractivity contribution is 7.89. The molecule has 0 aliphatic carbocycles. The second-order valence-corrected chi connectivity index (χ2v) is 7.70. The molecule has 2 rings (SSSR count). The predicted octanol–water partition coefficient (Wildman–Crippen LogP) is 2.33. The Hall–Kier alpha value is -1.80. The Bertz CT molecular complexity index is 652. The van der Waals surface area contributed by atoms with Crippen LogP contribution in [0.1, 0.15) is 26.7 Å². The predicted molar refractivity (Wildman–Crippen MR) is 94.2 cm³/mol. The largest absolute Gasteiger partial charge is 0.494 e. The molecule has 0 unspecified atom stereocenters. The quantitative estimate of drug-likeness (QED) is 0.689. The van der Waals surface area contributed by atoms with Crippen LogP contribution >= 0.6 is 0 Å². The minimum Gasteiger partial charge on any atom is -0.494 e. The van der Waals surface area contributed by atoms with Crippen LogP contribution in [0.25, 0.3) is 0 Å². The Balaban J connectivity index is 1.96. The van der Waals surface area contributed by atoms with E-state index in [0.29, 0.717) is 32.1 Å². The molecule has 1 aliphatic heterocycles. The van der Waals surface area contributed by atoms with E-state index >= 15 is 0 Å². The van der Waals surface area contributed by atoms with Crippen LogP contribution in [-0.2, 0) is 14.8 Å². The second-order valence-electron chi connectivity index (χ2n) is 5.76. The van der Waals surface area contributed by atoms with Gasteiger partial charge in [-0.05, 0) is 37.6 Å².